The summed E-state index contributed by atoms with van der Waals surface area (Å²) < 4.78 is 5.25. The van der Waals surface area contributed by atoms with Gasteiger partial charge < -0.3 is 15.4 Å². The van der Waals surface area contributed by atoms with E-state index in [2.05, 4.69) is 17.6 Å². The summed E-state index contributed by atoms with van der Waals surface area (Å²) in [6, 6.07) is 0. The Morgan fingerprint density at radius 3 is 2.60 bits per heavy atom. The first-order chi connectivity index (χ1) is 6.87. The van der Waals surface area contributed by atoms with Crippen LogP contribution in [0.3, 0.4) is 0 Å². The summed E-state index contributed by atoms with van der Waals surface area (Å²) in [5.41, 5.74) is -0.534. The van der Waals surface area contributed by atoms with E-state index in [9.17, 15) is 4.79 Å². The number of alkyl carbamates (subject to hydrolysis) is 1. The van der Waals surface area contributed by atoms with Gasteiger partial charge in [0, 0.05) is 6.54 Å². The third kappa shape index (κ3) is 3.70. The first kappa shape index (κ1) is 12.3. The van der Waals surface area contributed by atoms with Crippen LogP contribution in [0.15, 0.2) is 0 Å². The number of rotatable bonds is 2. The maximum absolute atomic E-state index is 11.6. The standard InChI is InChI=1S/C11H22N2O2/c1-5-11(6-7-12-8-11)13-9(14)15-10(2,3)4/h12H,5-8H2,1-4H3,(H,13,14)/t11-/m1/s1. The van der Waals surface area contributed by atoms with Gasteiger partial charge in [0.05, 0.1) is 5.54 Å². The Kier molecular flexibility index (Phi) is 3.60. The van der Waals surface area contributed by atoms with Gasteiger partial charge in [0.1, 0.15) is 5.60 Å². The second-order valence-corrected chi connectivity index (χ2v) is 5.19. The summed E-state index contributed by atoms with van der Waals surface area (Å²) in [4.78, 5) is 11.6. The molecule has 0 saturated carbocycles. The van der Waals surface area contributed by atoms with Gasteiger partial charge in [-0.15, -0.1) is 0 Å². The molecule has 1 aliphatic rings. The van der Waals surface area contributed by atoms with Gasteiger partial charge in [0.25, 0.3) is 0 Å². The summed E-state index contributed by atoms with van der Waals surface area (Å²) in [6.07, 6.45) is 1.59. The van der Waals surface area contributed by atoms with E-state index >= 15 is 0 Å². The SMILES string of the molecule is CC[C@@]1(NC(=O)OC(C)(C)C)CCNC1. The van der Waals surface area contributed by atoms with Crippen molar-refractivity contribution in [2.24, 2.45) is 0 Å². The normalized spacial score (nSPS) is 26.4. The van der Waals surface area contributed by atoms with E-state index < -0.39 is 5.60 Å². The maximum Gasteiger partial charge on any atom is 0.408 e. The van der Waals surface area contributed by atoms with Crippen molar-refractivity contribution in [2.45, 2.75) is 51.7 Å². The average Bonchev–Trinajstić information content (AvgIpc) is 2.50. The van der Waals surface area contributed by atoms with Crippen molar-refractivity contribution < 1.29 is 9.53 Å². The number of amides is 1. The molecule has 1 amide bonds. The third-order valence-electron chi connectivity index (χ3n) is 2.69. The molecule has 1 rings (SSSR count). The number of carbonyl (C=O) groups is 1. The molecule has 0 aliphatic carbocycles. The second kappa shape index (κ2) is 4.39. The molecule has 0 radical (unpaired) electrons. The molecule has 0 unspecified atom stereocenters. The molecule has 1 atom stereocenters. The smallest absolute Gasteiger partial charge is 0.408 e. The van der Waals surface area contributed by atoms with Gasteiger partial charge in [-0.2, -0.15) is 0 Å². The monoisotopic (exact) mass is 214 g/mol. The van der Waals surface area contributed by atoms with Crippen LogP contribution >= 0.6 is 0 Å². The highest BCUT2D eigenvalue weighted by molar-refractivity contribution is 5.69. The van der Waals surface area contributed by atoms with E-state index in [0.29, 0.717) is 0 Å². The summed E-state index contributed by atoms with van der Waals surface area (Å²) in [5.74, 6) is 0. The molecule has 0 aromatic carbocycles. The minimum Gasteiger partial charge on any atom is -0.444 e. The summed E-state index contributed by atoms with van der Waals surface area (Å²) in [7, 11) is 0. The molecule has 1 heterocycles. The van der Waals surface area contributed by atoms with Crippen molar-refractivity contribution in [2.75, 3.05) is 13.1 Å². The molecule has 0 aromatic rings. The maximum atomic E-state index is 11.6. The Bertz CT molecular complexity index is 227. The van der Waals surface area contributed by atoms with E-state index in [1.807, 2.05) is 20.8 Å². The van der Waals surface area contributed by atoms with Crippen LogP contribution < -0.4 is 10.6 Å². The van der Waals surface area contributed by atoms with Crippen LogP contribution in [-0.4, -0.2) is 30.3 Å². The van der Waals surface area contributed by atoms with Crippen LogP contribution in [-0.2, 0) is 4.74 Å². The molecule has 1 fully saturated rings. The van der Waals surface area contributed by atoms with Gasteiger partial charge in [-0.25, -0.2) is 4.79 Å². The molecule has 0 bridgehead atoms. The molecular formula is C11H22N2O2. The molecular weight excluding hydrogens is 192 g/mol. The second-order valence-electron chi connectivity index (χ2n) is 5.19. The fourth-order valence-electron chi connectivity index (χ4n) is 1.76. The lowest BCUT2D eigenvalue weighted by molar-refractivity contribution is 0.0461. The zero-order valence-corrected chi connectivity index (χ0v) is 10.1. The van der Waals surface area contributed by atoms with Crippen LogP contribution in [0.1, 0.15) is 40.5 Å². The number of nitrogens with one attached hydrogen (secondary N) is 2. The fourth-order valence-corrected chi connectivity index (χ4v) is 1.76. The van der Waals surface area contributed by atoms with Gasteiger partial charge in [0.2, 0.25) is 0 Å². The van der Waals surface area contributed by atoms with Gasteiger partial charge in [0.15, 0.2) is 0 Å². The summed E-state index contributed by atoms with van der Waals surface area (Å²) in [5, 5.41) is 6.24. The van der Waals surface area contributed by atoms with E-state index in [4.69, 9.17) is 4.74 Å². The molecule has 1 aliphatic heterocycles. The van der Waals surface area contributed by atoms with Crippen LogP contribution in [0.25, 0.3) is 0 Å². The Morgan fingerprint density at radius 1 is 1.53 bits per heavy atom. The average molecular weight is 214 g/mol. The molecule has 88 valence electrons. The van der Waals surface area contributed by atoms with Crippen LogP contribution in [0, 0.1) is 0 Å². The molecule has 4 heteroatoms. The molecule has 1 saturated heterocycles. The lowest BCUT2D eigenvalue weighted by Crippen LogP contribution is -2.51. The zero-order valence-electron chi connectivity index (χ0n) is 10.1. The van der Waals surface area contributed by atoms with E-state index in [1.165, 1.54) is 0 Å². The Balaban J connectivity index is 2.49. The quantitative estimate of drug-likeness (QED) is 0.735. The minimum absolute atomic E-state index is 0.109. The largest absolute Gasteiger partial charge is 0.444 e. The van der Waals surface area contributed by atoms with Gasteiger partial charge >= 0.3 is 6.09 Å². The zero-order chi connectivity index (χ0) is 11.5. The van der Waals surface area contributed by atoms with Gasteiger partial charge in [-0.1, -0.05) is 6.92 Å². The number of hydrogen-bond acceptors (Lipinski definition) is 3. The van der Waals surface area contributed by atoms with Gasteiger partial charge in [-0.3, -0.25) is 0 Å². The Hall–Kier alpha value is -0.770. The summed E-state index contributed by atoms with van der Waals surface area (Å²) in [6.45, 7) is 9.51. The van der Waals surface area contributed by atoms with E-state index in [0.717, 1.165) is 25.9 Å². The first-order valence-corrected chi connectivity index (χ1v) is 5.59. The van der Waals surface area contributed by atoms with Crippen molar-refractivity contribution in [1.29, 1.82) is 0 Å². The van der Waals surface area contributed by atoms with Crippen LogP contribution in [0.4, 0.5) is 4.79 Å². The number of ether oxygens (including phenoxy) is 1. The molecule has 0 spiro atoms. The number of carbonyl (C=O) groups excluding carboxylic acids is 1. The fraction of sp³-hybridized carbons (Fsp3) is 0.909. The Morgan fingerprint density at radius 2 is 2.20 bits per heavy atom. The first-order valence-electron chi connectivity index (χ1n) is 5.59. The van der Waals surface area contributed by atoms with Crippen molar-refractivity contribution in [3.8, 4) is 0 Å². The molecule has 2 N–H and O–H groups in total. The predicted octanol–water partition coefficient (Wildman–Crippen LogP) is 1.65. The highest BCUT2D eigenvalue weighted by atomic mass is 16.6. The highest BCUT2D eigenvalue weighted by Gasteiger charge is 2.34. The summed E-state index contributed by atoms with van der Waals surface area (Å²) >= 11 is 0. The predicted molar refractivity (Wildman–Crippen MR) is 59.9 cm³/mol. The van der Waals surface area contributed by atoms with Crippen LogP contribution in [0.2, 0.25) is 0 Å². The topological polar surface area (TPSA) is 50.4 Å². The number of hydrogen-bond donors (Lipinski definition) is 2. The molecule has 4 nitrogen and oxygen atoms in total. The van der Waals surface area contributed by atoms with Crippen molar-refractivity contribution >= 4 is 6.09 Å². The third-order valence-corrected chi connectivity index (χ3v) is 2.69. The van der Waals surface area contributed by atoms with Crippen molar-refractivity contribution in [3.05, 3.63) is 0 Å². The van der Waals surface area contributed by atoms with E-state index in [1.54, 1.807) is 0 Å². The van der Waals surface area contributed by atoms with Crippen molar-refractivity contribution in [3.63, 3.8) is 0 Å². The lowest BCUT2D eigenvalue weighted by Gasteiger charge is -2.30. The molecule has 15 heavy (non-hydrogen) atoms. The van der Waals surface area contributed by atoms with Crippen molar-refractivity contribution in [1.82, 2.24) is 10.6 Å². The van der Waals surface area contributed by atoms with E-state index in [-0.39, 0.29) is 11.6 Å². The highest BCUT2D eigenvalue weighted by Crippen LogP contribution is 2.19. The molecule has 0 aromatic heterocycles. The lowest BCUT2D eigenvalue weighted by atomic mass is 9.96. The Labute approximate surface area is 91.8 Å². The van der Waals surface area contributed by atoms with Crippen LogP contribution in [0.5, 0.6) is 0 Å². The minimum atomic E-state index is -0.426. The van der Waals surface area contributed by atoms with Gasteiger partial charge in [-0.05, 0) is 40.2 Å².